The van der Waals surface area contributed by atoms with Crippen molar-refractivity contribution >= 4 is 44.7 Å². The molecule has 0 bridgehead atoms. The minimum absolute atomic E-state index is 0.736. The van der Waals surface area contributed by atoms with Crippen LogP contribution in [-0.2, 0) is 0 Å². The monoisotopic (exact) mass is 246 g/mol. The summed E-state index contributed by atoms with van der Waals surface area (Å²) < 4.78 is 0. The summed E-state index contributed by atoms with van der Waals surface area (Å²) in [5, 5.41) is 5.98. The van der Waals surface area contributed by atoms with Crippen molar-refractivity contribution in [3.63, 3.8) is 0 Å². The third-order valence-electron chi connectivity index (χ3n) is 2.77. The molecular weight excluding hydrogens is 239 g/mol. The number of halogens is 2. The SMILES string of the molecule is Clc1ccc2c(Cl)cc3ccccc3c2c1. The Kier molecular flexibility index (Phi) is 2.27. The lowest BCUT2D eigenvalue weighted by atomic mass is 10.0. The Morgan fingerprint density at radius 3 is 2.38 bits per heavy atom. The van der Waals surface area contributed by atoms with Crippen LogP contribution in [0.4, 0.5) is 0 Å². The molecule has 0 saturated heterocycles. The molecule has 0 spiro atoms. The molecule has 3 aromatic carbocycles. The summed E-state index contributed by atoms with van der Waals surface area (Å²) in [6, 6.07) is 16.0. The van der Waals surface area contributed by atoms with Crippen LogP contribution in [-0.4, -0.2) is 0 Å². The zero-order valence-electron chi connectivity index (χ0n) is 8.37. The van der Waals surface area contributed by atoms with Crippen LogP contribution < -0.4 is 0 Å². The molecule has 0 aromatic heterocycles. The smallest absolute Gasteiger partial charge is 0.0490 e. The van der Waals surface area contributed by atoms with E-state index in [1.807, 2.05) is 36.4 Å². The molecule has 16 heavy (non-hydrogen) atoms. The summed E-state index contributed by atoms with van der Waals surface area (Å²) in [5.41, 5.74) is 0. The van der Waals surface area contributed by atoms with Crippen molar-refractivity contribution in [1.82, 2.24) is 0 Å². The van der Waals surface area contributed by atoms with Gasteiger partial charge < -0.3 is 0 Å². The van der Waals surface area contributed by atoms with Crippen molar-refractivity contribution in [2.24, 2.45) is 0 Å². The summed E-state index contributed by atoms with van der Waals surface area (Å²) in [5.74, 6) is 0. The van der Waals surface area contributed by atoms with E-state index in [1.165, 1.54) is 5.39 Å². The maximum absolute atomic E-state index is 6.25. The van der Waals surface area contributed by atoms with E-state index in [0.717, 1.165) is 26.2 Å². The van der Waals surface area contributed by atoms with E-state index in [4.69, 9.17) is 23.2 Å². The number of hydrogen-bond donors (Lipinski definition) is 0. The lowest BCUT2D eigenvalue weighted by Crippen LogP contribution is -1.79. The molecule has 0 heterocycles. The van der Waals surface area contributed by atoms with Crippen LogP contribution in [0, 0.1) is 0 Å². The van der Waals surface area contributed by atoms with Crippen LogP contribution >= 0.6 is 23.2 Å². The van der Waals surface area contributed by atoms with Crippen LogP contribution in [0.3, 0.4) is 0 Å². The second kappa shape index (κ2) is 3.65. The Hall–Kier alpha value is -1.24. The van der Waals surface area contributed by atoms with E-state index < -0.39 is 0 Å². The fourth-order valence-corrected chi connectivity index (χ4v) is 2.48. The average molecular weight is 247 g/mol. The van der Waals surface area contributed by atoms with E-state index in [0.29, 0.717) is 0 Å². The van der Waals surface area contributed by atoms with Gasteiger partial charge in [-0.15, -0.1) is 0 Å². The largest absolute Gasteiger partial charge is 0.0843 e. The van der Waals surface area contributed by atoms with Gasteiger partial charge in [0, 0.05) is 15.4 Å². The zero-order valence-corrected chi connectivity index (χ0v) is 9.89. The van der Waals surface area contributed by atoms with Crippen molar-refractivity contribution in [2.45, 2.75) is 0 Å². The molecule has 0 saturated carbocycles. The third-order valence-corrected chi connectivity index (χ3v) is 3.32. The van der Waals surface area contributed by atoms with Gasteiger partial charge in [-0.25, -0.2) is 0 Å². The van der Waals surface area contributed by atoms with Crippen LogP contribution in [0.2, 0.25) is 10.0 Å². The second-order valence-electron chi connectivity index (χ2n) is 3.77. The Morgan fingerprint density at radius 2 is 1.50 bits per heavy atom. The van der Waals surface area contributed by atoms with E-state index >= 15 is 0 Å². The highest BCUT2D eigenvalue weighted by molar-refractivity contribution is 6.38. The average Bonchev–Trinajstić information content (AvgIpc) is 2.29. The first kappa shape index (κ1) is 9.95. The molecule has 0 unspecified atom stereocenters. The summed E-state index contributed by atoms with van der Waals surface area (Å²) in [7, 11) is 0. The van der Waals surface area contributed by atoms with E-state index in [2.05, 4.69) is 12.1 Å². The molecule has 0 atom stereocenters. The van der Waals surface area contributed by atoms with Crippen LogP contribution in [0.25, 0.3) is 21.5 Å². The second-order valence-corrected chi connectivity index (χ2v) is 4.61. The quantitative estimate of drug-likeness (QED) is 0.473. The van der Waals surface area contributed by atoms with Crippen LogP contribution in [0.1, 0.15) is 0 Å². The van der Waals surface area contributed by atoms with Gasteiger partial charge in [0.05, 0.1) is 0 Å². The Labute approximate surface area is 103 Å². The lowest BCUT2D eigenvalue weighted by molar-refractivity contribution is 1.76. The maximum Gasteiger partial charge on any atom is 0.0490 e. The molecule has 0 aliphatic carbocycles. The first-order chi connectivity index (χ1) is 7.75. The third kappa shape index (κ3) is 1.46. The molecule has 2 heteroatoms. The first-order valence-electron chi connectivity index (χ1n) is 5.02. The summed E-state index contributed by atoms with van der Waals surface area (Å²) >= 11 is 12.3. The molecule has 0 nitrogen and oxygen atoms in total. The van der Waals surface area contributed by atoms with Gasteiger partial charge in [-0.05, 0) is 34.4 Å². The van der Waals surface area contributed by atoms with Gasteiger partial charge >= 0.3 is 0 Å². The summed E-state index contributed by atoms with van der Waals surface area (Å²) in [6.45, 7) is 0. The summed E-state index contributed by atoms with van der Waals surface area (Å²) in [4.78, 5) is 0. The molecule has 0 fully saturated rings. The zero-order chi connectivity index (χ0) is 11.1. The topological polar surface area (TPSA) is 0 Å². The highest BCUT2D eigenvalue weighted by Gasteiger charge is 2.04. The van der Waals surface area contributed by atoms with Crippen molar-refractivity contribution in [1.29, 1.82) is 0 Å². The highest BCUT2D eigenvalue weighted by atomic mass is 35.5. The first-order valence-corrected chi connectivity index (χ1v) is 5.78. The number of hydrogen-bond acceptors (Lipinski definition) is 0. The molecule has 3 rings (SSSR count). The predicted molar refractivity (Wildman–Crippen MR) is 71.5 cm³/mol. The molecular formula is C14H8Cl2. The van der Waals surface area contributed by atoms with Crippen LogP contribution in [0.5, 0.6) is 0 Å². The highest BCUT2D eigenvalue weighted by Crippen LogP contribution is 2.33. The van der Waals surface area contributed by atoms with Crippen molar-refractivity contribution in [3.05, 3.63) is 58.6 Å². The van der Waals surface area contributed by atoms with Crippen LogP contribution in [0.15, 0.2) is 48.5 Å². The molecule has 0 amide bonds. The maximum atomic E-state index is 6.25. The molecule has 0 N–H and O–H groups in total. The Bertz CT molecular complexity index is 687. The fourth-order valence-electron chi connectivity index (χ4n) is 2.03. The molecule has 0 aliphatic rings. The molecule has 0 aliphatic heterocycles. The standard InChI is InChI=1S/C14H8Cl2/c15-10-5-6-12-13(8-10)11-4-2-1-3-9(11)7-14(12)16/h1-8H. The Balaban J connectivity index is 2.61. The predicted octanol–water partition coefficient (Wildman–Crippen LogP) is 5.30. The van der Waals surface area contributed by atoms with Crippen molar-refractivity contribution in [2.75, 3.05) is 0 Å². The molecule has 3 aromatic rings. The van der Waals surface area contributed by atoms with E-state index in [1.54, 1.807) is 0 Å². The van der Waals surface area contributed by atoms with Crippen molar-refractivity contribution in [3.8, 4) is 0 Å². The fraction of sp³-hybridized carbons (Fsp3) is 0. The van der Waals surface area contributed by atoms with E-state index in [-0.39, 0.29) is 0 Å². The minimum atomic E-state index is 0.736. The number of benzene rings is 3. The van der Waals surface area contributed by atoms with Gasteiger partial charge in [0.25, 0.3) is 0 Å². The molecule has 78 valence electrons. The van der Waals surface area contributed by atoms with Gasteiger partial charge in [0.1, 0.15) is 0 Å². The lowest BCUT2D eigenvalue weighted by Gasteiger charge is -2.06. The minimum Gasteiger partial charge on any atom is -0.0843 e. The summed E-state index contributed by atoms with van der Waals surface area (Å²) in [6.07, 6.45) is 0. The van der Waals surface area contributed by atoms with Gasteiger partial charge in [-0.2, -0.15) is 0 Å². The Morgan fingerprint density at radius 1 is 0.688 bits per heavy atom. The normalized spacial score (nSPS) is 11.1. The van der Waals surface area contributed by atoms with Gasteiger partial charge in [0.2, 0.25) is 0 Å². The van der Waals surface area contributed by atoms with Gasteiger partial charge in [0.15, 0.2) is 0 Å². The number of fused-ring (bicyclic) bond motifs is 3. The molecule has 0 radical (unpaired) electrons. The van der Waals surface area contributed by atoms with Crippen molar-refractivity contribution < 1.29 is 0 Å². The van der Waals surface area contributed by atoms with E-state index in [9.17, 15) is 0 Å². The number of rotatable bonds is 0. The van der Waals surface area contributed by atoms with Gasteiger partial charge in [-0.1, -0.05) is 53.5 Å². The van der Waals surface area contributed by atoms with Gasteiger partial charge in [-0.3, -0.25) is 0 Å².